The van der Waals surface area contributed by atoms with Crippen LogP contribution in [0.4, 0.5) is 0 Å². The number of aryl methyl sites for hydroxylation is 1. The van der Waals surface area contributed by atoms with E-state index in [0.717, 1.165) is 6.42 Å². The largest absolute Gasteiger partial charge is 0.390 e. The van der Waals surface area contributed by atoms with E-state index in [9.17, 15) is 5.11 Å². The van der Waals surface area contributed by atoms with Crippen LogP contribution in [0, 0.1) is 5.92 Å². The number of rotatable bonds is 3. The highest BCUT2D eigenvalue weighted by molar-refractivity contribution is 5.33. The molecule has 17 heavy (non-hydrogen) atoms. The van der Waals surface area contributed by atoms with Gasteiger partial charge in [0.15, 0.2) is 0 Å². The number of aliphatic hydroxyl groups is 1. The van der Waals surface area contributed by atoms with Crippen molar-refractivity contribution in [3.8, 4) is 0 Å². The van der Waals surface area contributed by atoms with Crippen LogP contribution in [0.25, 0.3) is 0 Å². The van der Waals surface area contributed by atoms with Gasteiger partial charge in [-0.1, -0.05) is 24.3 Å². The lowest BCUT2D eigenvalue weighted by Gasteiger charge is -2.32. The van der Waals surface area contributed by atoms with Gasteiger partial charge in [0.05, 0.1) is 5.60 Å². The first-order valence-electron chi connectivity index (χ1n) is 6.97. The first kappa shape index (κ1) is 11.3. The molecule has 1 fully saturated rings. The van der Waals surface area contributed by atoms with Crippen molar-refractivity contribution in [2.75, 3.05) is 0 Å². The number of hydrogen-bond acceptors (Lipinski definition) is 1. The SMILES string of the molecule is CC(O)(CC1CCCc2ccccc21)C1CC1. The van der Waals surface area contributed by atoms with E-state index in [0.29, 0.717) is 11.8 Å². The highest BCUT2D eigenvalue weighted by Gasteiger charge is 2.41. The van der Waals surface area contributed by atoms with Crippen molar-refractivity contribution >= 4 is 0 Å². The lowest BCUT2D eigenvalue weighted by Crippen LogP contribution is -2.30. The van der Waals surface area contributed by atoms with Gasteiger partial charge in [0.1, 0.15) is 0 Å². The third kappa shape index (κ3) is 2.26. The normalized spacial score (nSPS) is 27.3. The van der Waals surface area contributed by atoms with Gasteiger partial charge in [-0.15, -0.1) is 0 Å². The van der Waals surface area contributed by atoms with Crippen LogP contribution in [0.3, 0.4) is 0 Å². The lowest BCUT2D eigenvalue weighted by molar-refractivity contribution is 0.0194. The fourth-order valence-corrected chi connectivity index (χ4v) is 3.44. The molecule has 0 bridgehead atoms. The van der Waals surface area contributed by atoms with Crippen LogP contribution in [0.1, 0.15) is 56.1 Å². The molecule has 0 saturated heterocycles. The molecule has 1 saturated carbocycles. The smallest absolute Gasteiger partial charge is 0.0653 e. The number of fused-ring (bicyclic) bond motifs is 1. The lowest BCUT2D eigenvalue weighted by atomic mass is 9.76. The van der Waals surface area contributed by atoms with E-state index in [4.69, 9.17) is 0 Å². The molecule has 1 aromatic rings. The molecule has 92 valence electrons. The molecule has 0 aliphatic heterocycles. The predicted octanol–water partition coefficient (Wildman–Crippen LogP) is 3.66. The average Bonchev–Trinajstić information content (AvgIpc) is 3.13. The van der Waals surface area contributed by atoms with E-state index in [1.807, 2.05) is 6.92 Å². The van der Waals surface area contributed by atoms with Crippen molar-refractivity contribution in [3.05, 3.63) is 35.4 Å². The molecular formula is C16H22O. The minimum atomic E-state index is -0.435. The maximum absolute atomic E-state index is 10.5. The van der Waals surface area contributed by atoms with Crippen LogP contribution in [0.5, 0.6) is 0 Å². The van der Waals surface area contributed by atoms with Crippen molar-refractivity contribution in [1.29, 1.82) is 0 Å². The van der Waals surface area contributed by atoms with E-state index in [2.05, 4.69) is 24.3 Å². The second-order valence-corrected chi connectivity index (χ2v) is 6.12. The van der Waals surface area contributed by atoms with Gasteiger partial charge in [-0.2, -0.15) is 0 Å². The second-order valence-electron chi connectivity index (χ2n) is 6.12. The molecule has 1 nitrogen and oxygen atoms in total. The van der Waals surface area contributed by atoms with Crippen molar-refractivity contribution in [3.63, 3.8) is 0 Å². The predicted molar refractivity (Wildman–Crippen MR) is 70.1 cm³/mol. The van der Waals surface area contributed by atoms with E-state index < -0.39 is 5.60 Å². The zero-order valence-electron chi connectivity index (χ0n) is 10.7. The van der Waals surface area contributed by atoms with E-state index in [1.54, 1.807) is 0 Å². The molecule has 0 aromatic heterocycles. The Morgan fingerprint density at radius 1 is 1.24 bits per heavy atom. The highest BCUT2D eigenvalue weighted by Crippen LogP contribution is 2.46. The molecule has 2 aliphatic rings. The van der Waals surface area contributed by atoms with Crippen LogP contribution in [-0.2, 0) is 6.42 Å². The molecule has 0 radical (unpaired) electrons. The number of hydrogen-bond donors (Lipinski definition) is 1. The Balaban J connectivity index is 1.80. The molecule has 3 rings (SSSR count). The molecule has 2 unspecified atom stereocenters. The number of benzene rings is 1. The molecule has 0 heterocycles. The Morgan fingerprint density at radius 2 is 2.00 bits per heavy atom. The second kappa shape index (κ2) is 4.13. The molecule has 1 N–H and O–H groups in total. The zero-order valence-corrected chi connectivity index (χ0v) is 10.7. The van der Waals surface area contributed by atoms with Gasteiger partial charge in [0.2, 0.25) is 0 Å². The van der Waals surface area contributed by atoms with E-state index in [-0.39, 0.29) is 0 Å². The summed E-state index contributed by atoms with van der Waals surface area (Å²) in [7, 11) is 0. The third-order valence-corrected chi connectivity index (χ3v) is 4.61. The summed E-state index contributed by atoms with van der Waals surface area (Å²) in [5.41, 5.74) is 2.57. The van der Waals surface area contributed by atoms with Crippen LogP contribution in [0.15, 0.2) is 24.3 Å². The van der Waals surface area contributed by atoms with Gasteiger partial charge in [0, 0.05) is 0 Å². The summed E-state index contributed by atoms with van der Waals surface area (Å²) in [5, 5.41) is 10.5. The van der Waals surface area contributed by atoms with Gasteiger partial charge in [0.25, 0.3) is 0 Å². The Kier molecular flexibility index (Phi) is 2.74. The van der Waals surface area contributed by atoms with Crippen molar-refractivity contribution in [2.24, 2.45) is 5.92 Å². The summed E-state index contributed by atoms with van der Waals surface area (Å²) in [4.78, 5) is 0. The van der Waals surface area contributed by atoms with Crippen molar-refractivity contribution in [2.45, 2.75) is 57.0 Å². The Labute approximate surface area is 104 Å². The fourth-order valence-electron chi connectivity index (χ4n) is 3.44. The summed E-state index contributed by atoms with van der Waals surface area (Å²) in [5.74, 6) is 1.15. The van der Waals surface area contributed by atoms with Gasteiger partial charge in [-0.05, 0) is 68.4 Å². The third-order valence-electron chi connectivity index (χ3n) is 4.61. The molecular weight excluding hydrogens is 208 g/mol. The molecule has 1 aromatic carbocycles. The van der Waals surface area contributed by atoms with Crippen LogP contribution in [-0.4, -0.2) is 10.7 Å². The van der Waals surface area contributed by atoms with E-state index in [1.165, 1.54) is 43.2 Å². The van der Waals surface area contributed by atoms with E-state index >= 15 is 0 Å². The van der Waals surface area contributed by atoms with Crippen molar-refractivity contribution < 1.29 is 5.11 Å². The van der Waals surface area contributed by atoms with Crippen LogP contribution >= 0.6 is 0 Å². The van der Waals surface area contributed by atoms with Gasteiger partial charge >= 0.3 is 0 Å². The fraction of sp³-hybridized carbons (Fsp3) is 0.625. The minimum absolute atomic E-state index is 0.435. The maximum atomic E-state index is 10.5. The standard InChI is InChI=1S/C16H22O/c1-16(17,14-9-10-14)11-13-7-4-6-12-5-2-3-8-15(12)13/h2-3,5,8,13-14,17H,4,6-7,9-11H2,1H3. The zero-order chi connectivity index (χ0) is 11.9. The summed E-state index contributed by atoms with van der Waals surface area (Å²) in [6.45, 7) is 2.04. The average molecular weight is 230 g/mol. The summed E-state index contributed by atoms with van der Waals surface area (Å²) in [6, 6.07) is 8.80. The molecule has 0 amide bonds. The van der Waals surface area contributed by atoms with Crippen molar-refractivity contribution in [1.82, 2.24) is 0 Å². The van der Waals surface area contributed by atoms with Gasteiger partial charge in [-0.3, -0.25) is 0 Å². The van der Waals surface area contributed by atoms with Crippen LogP contribution < -0.4 is 0 Å². The molecule has 1 heteroatoms. The molecule has 2 aliphatic carbocycles. The first-order chi connectivity index (χ1) is 8.17. The molecule has 2 atom stereocenters. The summed E-state index contributed by atoms with van der Waals surface area (Å²) >= 11 is 0. The summed E-state index contributed by atoms with van der Waals surface area (Å²) in [6.07, 6.45) is 7.15. The van der Waals surface area contributed by atoms with Gasteiger partial charge in [-0.25, -0.2) is 0 Å². The quantitative estimate of drug-likeness (QED) is 0.840. The maximum Gasteiger partial charge on any atom is 0.0653 e. The Morgan fingerprint density at radius 3 is 2.76 bits per heavy atom. The molecule has 0 spiro atoms. The topological polar surface area (TPSA) is 20.2 Å². The Bertz CT molecular complexity index is 404. The summed E-state index contributed by atoms with van der Waals surface area (Å²) < 4.78 is 0. The Hall–Kier alpha value is -0.820. The van der Waals surface area contributed by atoms with Gasteiger partial charge < -0.3 is 5.11 Å². The monoisotopic (exact) mass is 230 g/mol. The first-order valence-corrected chi connectivity index (χ1v) is 6.97. The highest BCUT2D eigenvalue weighted by atomic mass is 16.3. The minimum Gasteiger partial charge on any atom is -0.390 e. The van der Waals surface area contributed by atoms with Crippen LogP contribution in [0.2, 0.25) is 0 Å².